The minimum absolute atomic E-state index is 0.0658. The van der Waals surface area contributed by atoms with Crippen molar-refractivity contribution in [2.24, 2.45) is 0 Å². The molecule has 0 radical (unpaired) electrons. The van der Waals surface area contributed by atoms with Gasteiger partial charge in [0, 0.05) is 11.4 Å². The van der Waals surface area contributed by atoms with Crippen LogP contribution in [-0.4, -0.2) is 19.6 Å². The second-order valence-electron chi connectivity index (χ2n) is 4.83. The van der Waals surface area contributed by atoms with Crippen LogP contribution >= 0.6 is 11.6 Å². The molecule has 0 aliphatic heterocycles. The Morgan fingerprint density at radius 1 is 1.12 bits per heavy atom. The van der Waals surface area contributed by atoms with E-state index in [-0.39, 0.29) is 12.2 Å². The Balaban J connectivity index is 1.90. The average molecular weight is 359 g/mol. The van der Waals surface area contributed by atoms with Crippen LogP contribution in [0.2, 0.25) is 5.02 Å². The summed E-state index contributed by atoms with van der Waals surface area (Å²) in [6.45, 7) is -0.0658. The van der Waals surface area contributed by atoms with Crippen LogP contribution in [0.4, 0.5) is 24.5 Å². The maximum Gasteiger partial charge on any atom is 0.416 e. The molecular weight excluding hydrogens is 345 g/mol. The number of nitrogens with one attached hydrogen (secondary N) is 2. The fourth-order valence-corrected chi connectivity index (χ4v) is 2.16. The highest BCUT2D eigenvalue weighted by molar-refractivity contribution is 6.32. The first-order valence-corrected chi connectivity index (χ1v) is 7.22. The fraction of sp³-hybridized carbons (Fsp3) is 0.188. The first-order valence-electron chi connectivity index (χ1n) is 6.84. The number of amides is 1. The molecule has 0 heterocycles. The number of methoxy groups -OCH3 is 1. The maximum absolute atomic E-state index is 12.5. The first-order chi connectivity index (χ1) is 11.3. The van der Waals surface area contributed by atoms with Gasteiger partial charge in [0.05, 0.1) is 24.2 Å². The van der Waals surface area contributed by atoms with Gasteiger partial charge in [0.25, 0.3) is 0 Å². The zero-order valence-electron chi connectivity index (χ0n) is 12.6. The van der Waals surface area contributed by atoms with Crippen LogP contribution in [0.3, 0.4) is 0 Å². The molecule has 0 unspecified atom stereocenters. The normalized spacial score (nSPS) is 11.0. The average Bonchev–Trinajstić information content (AvgIpc) is 2.53. The van der Waals surface area contributed by atoms with E-state index in [0.29, 0.717) is 16.5 Å². The Hall–Kier alpha value is -2.41. The summed E-state index contributed by atoms with van der Waals surface area (Å²) in [7, 11) is 1.49. The highest BCUT2D eigenvalue weighted by Crippen LogP contribution is 2.30. The minimum atomic E-state index is -4.41. The molecule has 8 heteroatoms. The van der Waals surface area contributed by atoms with Crippen LogP contribution in [0, 0.1) is 0 Å². The zero-order valence-corrected chi connectivity index (χ0v) is 13.3. The molecule has 2 N–H and O–H groups in total. The molecule has 24 heavy (non-hydrogen) atoms. The lowest BCUT2D eigenvalue weighted by Crippen LogP contribution is -2.21. The summed E-state index contributed by atoms with van der Waals surface area (Å²) >= 11 is 5.97. The van der Waals surface area contributed by atoms with E-state index in [0.717, 1.165) is 12.1 Å². The first kappa shape index (κ1) is 17.9. The second kappa shape index (κ2) is 7.44. The number of carbonyl (C=O) groups is 1. The largest absolute Gasteiger partial charge is 0.495 e. The van der Waals surface area contributed by atoms with Gasteiger partial charge in [-0.1, -0.05) is 11.6 Å². The number of hydrogen-bond donors (Lipinski definition) is 2. The fourth-order valence-electron chi connectivity index (χ4n) is 1.91. The quantitative estimate of drug-likeness (QED) is 0.832. The number of halogens is 4. The van der Waals surface area contributed by atoms with E-state index in [2.05, 4.69) is 10.6 Å². The number of alkyl halides is 3. The standard InChI is InChI=1S/C16H14ClF3N2O2/c1-24-14-7-6-12(8-13(14)17)21-9-15(23)22-11-4-2-10(3-5-11)16(18,19)20/h2-8,21H,9H2,1H3,(H,22,23). The highest BCUT2D eigenvalue weighted by Gasteiger charge is 2.29. The summed E-state index contributed by atoms with van der Waals surface area (Å²) in [5, 5.41) is 5.76. The molecule has 2 aromatic carbocycles. The minimum Gasteiger partial charge on any atom is -0.495 e. The van der Waals surface area contributed by atoms with Crippen molar-refractivity contribution >= 4 is 28.9 Å². The van der Waals surface area contributed by atoms with E-state index in [1.165, 1.54) is 19.2 Å². The van der Waals surface area contributed by atoms with E-state index >= 15 is 0 Å². The molecular formula is C16H14ClF3N2O2. The van der Waals surface area contributed by atoms with Gasteiger partial charge in [-0.2, -0.15) is 13.2 Å². The molecule has 2 aromatic rings. The third kappa shape index (κ3) is 4.79. The lowest BCUT2D eigenvalue weighted by Gasteiger charge is -2.10. The van der Waals surface area contributed by atoms with Gasteiger partial charge in [0.1, 0.15) is 5.75 Å². The van der Waals surface area contributed by atoms with Crippen molar-refractivity contribution in [3.8, 4) is 5.75 Å². The van der Waals surface area contributed by atoms with Gasteiger partial charge in [-0.25, -0.2) is 0 Å². The predicted molar refractivity (Wildman–Crippen MR) is 86.6 cm³/mol. The van der Waals surface area contributed by atoms with Gasteiger partial charge in [-0.05, 0) is 42.5 Å². The zero-order chi connectivity index (χ0) is 17.7. The molecule has 0 bridgehead atoms. The van der Waals surface area contributed by atoms with E-state index in [1.807, 2.05) is 0 Å². The second-order valence-corrected chi connectivity index (χ2v) is 5.23. The lowest BCUT2D eigenvalue weighted by molar-refractivity contribution is -0.137. The number of carbonyl (C=O) groups excluding carboxylic acids is 1. The van der Waals surface area contributed by atoms with Crippen LogP contribution in [0.15, 0.2) is 42.5 Å². The lowest BCUT2D eigenvalue weighted by atomic mass is 10.2. The summed E-state index contributed by atoms with van der Waals surface area (Å²) in [6.07, 6.45) is -4.41. The highest BCUT2D eigenvalue weighted by atomic mass is 35.5. The van der Waals surface area contributed by atoms with Crippen molar-refractivity contribution in [2.75, 3.05) is 24.3 Å². The van der Waals surface area contributed by atoms with Gasteiger partial charge in [-0.3, -0.25) is 4.79 Å². The molecule has 0 saturated carbocycles. The van der Waals surface area contributed by atoms with Gasteiger partial charge in [0.2, 0.25) is 5.91 Å². The molecule has 0 fully saturated rings. The number of anilines is 2. The molecule has 0 atom stereocenters. The van der Waals surface area contributed by atoms with Crippen LogP contribution < -0.4 is 15.4 Å². The number of ether oxygens (including phenoxy) is 1. The molecule has 1 amide bonds. The van der Waals surface area contributed by atoms with Gasteiger partial charge in [0.15, 0.2) is 0 Å². The van der Waals surface area contributed by atoms with Gasteiger partial charge < -0.3 is 15.4 Å². The molecule has 4 nitrogen and oxygen atoms in total. The van der Waals surface area contributed by atoms with Crippen molar-refractivity contribution in [1.29, 1.82) is 0 Å². The van der Waals surface area contributed by atoms with Crippen molar-refractivity contribution < 1.29 is 22.7 Å². The van der Waals surface area contributed by atoms with Crippen LogP contribution in [-0.2, 0) is 11.0 Å². The van der Waals surface area contributed by atoms with Crippen LogP contribution in [0.1, 0.15) is 5.56 Å². The van der Waals surface area contributed by atoms with E-state index in [1.54, 1.807) is 18.2 Å². The third-order valence-electron chi connectivity index (χ3n) is 3.10. The predicted octanol–water partition coefficient (Wildman–Crippen LogP) is 4.42. The molecule has 0 aliphatic rings. The molecule has 0 saturated heterocycles. The molecule has 128 valence electrons. The Labute approximate surface area is 141 Å². The van der Waals surface area contributed by atoms with Crippen molar-refractivity contribution in [3.05, 3.63) is 53.1 Å². The van der Waals surface area contributed by atoms with Crippen molar-refractivity contribution in [3.63, 3.8) is 0 Å². The van der Waals surface area contributed by atoms with Gasteiger partial charge >= 0.3 is 6.18 Å². The summed E-state index contributed by atoms with van der Waals surface area (Å²) in [5.74, 6) is 0.109. The Morgan fingerprint density at radius 2 is 1.75 bits per heavy atom. The number of benzene rings is 2. The van der Waals surface area contributed by atoms with Gasteiger partial charge in [-0.15, -0.1) is 0 Å². The Kier molecular flexibility index (Phi) is 5.56. The summed E-state index contributed by atoms with van der Waals surface area (Å²) in [6, 6.07) is 9.16. The molecule has 2 rings (SSSR count). The van der Waals surface area contributed by atoms with E-state index in [4.69, 9.17) is 16.3 Å². The molecule has 0 aliphatic carbocycles. The third-order valence-corrected chi connectivity index (χ3v) is 3.40. The molecule has 0 spiro atoms. The van der Waals surface area contributed by atoms with E-state index < -0.39 is 17.6 Å². The summed E-state index contributed by atoms with van der Waals surface area (Å²) < 4.78 is 42.4. The summed E-state index contributed by atoms with van der Waals surface area (Å²) in [4.78, 5) is 11.8. The Morgan fingerprint density at radius 3 is 2.29 bits per heavy atom. The summed E-state index contributed by atoms with van der Waals surface area (Å²) in [5.41, 5.74) is 0.123. The van der Waals surface area contributed by atoms with Crippen LogP contribution in [0.5, 0.6) is 5.75 Å². The SMILES string of the molecule is COc1ccc(NCC(=O)Nc2ccc(C(F)(F)F)cc2)cc1Cl. The number of rotatable bonds is 5. The van der Waals surface area contributed by atoms with Crippen LogP contribution in [0.25, 0.3) is 0 Å². The van der Waals surface area contributed by atoms with Crippen molar-refractivity contribution in [2.45, 2.75) is 6.18 Å². The number of hydrogen-bond acceptors (Lipinski definition) is 3. The van der Waals surface area contributed by atoms with E-state index in [9.17, 15) is 18.0 Å². The Bertz CT molecular complexity index is 718. The monoisotopic (exact) mass is 358 g/mol. The maximum atomic E-state index is 12.5. The topological polar surface area (TPSA) is 50.4 Å². The van der Waals surface area contributed by atoms with Crippen molar-refractivity contribution in [1.82, 2.24) is 0 Å². The molecule has 0 aromatic heterocycles. The smallest absolute Gasteiger partial charge is 0.416 e.